The van der Waals surface area contributed by atoms with Crippen LogP contribution in [-0.4, -0.2) is 46.3 Å². The Kier molecular flexibility index (Phi) is 7.72. The quantitative estimate of drug-likeness (QED) is 0.353. The fourth-order valence-electron chi connectivity index (χ4n) is 7.44. The number of likely N-dealkylation sites (tertiary alicyclic amines) is 1. The number of fused-ring (bicyclic) bond motifs is 3. The van der Waals surface area contributed by atoms with Gasteiger partial charge in [0.05, 0.1) is 5.92 Å². The summed E-state index contributed by atoms with van der Waals surface area (Å²) in [6, 6.07) is 11.9. The van der Waals surface area contributed by atoms with Crippen molar-refractivity contribution in [2.45, 2.75) is 107 Å². The van der Waals surface area contributed by atoms with Crippen molar-refractivity contribution in [2.24, 2.45) is 5.92 Å². The third-order valence-electron chi connectivity index (χ3n) is 10.2. The number of aryl methyl sites for hydroxylation is 1. The molecule has 5 rings (SSSR count). The Bertz CT molecular complexity index is 1340. The Morgan fingerprint density at radius 2 is 1.64 bits per heavy atom. The second-order valence-electron chi connectivity index (χ2n) is 13.0. The van der Waals surface area contributed by atoms with Crippen LogP contribution in [-0.2, 0) is 33.5 Å². The topological polar surface area (TPSA) is 57.6 Å². The number of benzene rings is 2. The number of amides is 1. The maximum Gasteiger partial charge on any atom is 0.426 e. The average molecular weight is 592 g/mol. The minimum absolute atomic E-state index is 0.0935. The molecule has 0 bridgehead atoms. The van der Waals surface area contributed by atoms with Crippen LogP contribution >= 0.6 is 0 Å². The first-order valence-electron chi connectivity index (χ1n) is 14.8. The maximum absolute atomic E-state index is 16.1. The van der Waals surface area contributed by atoms with Crippen LogP contribution in [0, 0.1) is 5.92 Å². The van der Waals surface area contributed by atoms with E-state index in [9.17, 15) is 32.3 Å². The molecule has 1 heterocycles. The minimum atomic E-state index is -5.07. The Balaban J connectivity index is 1.52. The molecule has 3 aliphatic rings. The molecular weight excluding hydrogens is 553 g/mol. The molecule has 42 heavy (non-hydrogen) atoms. The van der Waals surface area contributed by atoms with Crippen molar-refractivity contribution in [3.63, 3.8) is 0 Å². The number of hydrogen-bond acceptors (Lipinski definition) is 2. The molecule has 228 valence electrons. The molecule has 0 spiro atoms. The van der Waals surface area contributed by atoms with Gasteiger partial charge in [-0.2, -0.15) is 13.2 Å². The zero-order chi connectivity index (χ0) is 30.7. The van der Waals surface area contributed by atoms with E-state index in [0.717, 1.165) is 16.7 Å². The third-order valence-corrected chi connectivity index (χ3v) is 10.2. The predicted octanol–water partition coefficient (Wildman–Crippen LogP) is 7.57. The molecule has 0 radical (unpaired) electrons. The van der Waals surface area contributed by atoms with Gasteiger partial charge in [0.1, 0.15) is 0 Å². The van der Waals surface area contributed by atoms with Gasteiger partial charge < -0.3 is 10.0 Å². The van der Waals surface area contributed by atoms with Crippen molar-refractivity contribution in [2.75, 3.05) is 6.54 Å². The molecule has 2 aromatic carbocycles. The number of aliphatic carboxylic acids is 1. The van der Waals surface area contributed by atoms with Crippen molar-refractivity contribution in [1.29, 1.82) is 0 Å². The highest BCUT2D eigenvalue weighted by Crippen LogP contribution is 2.52. The average Bonchev–Trinajstić information content (AvgIpc) is 3.31. The van der Waals surface area contributed by atoms with E-state index in [1.165, 1.54) is 12.1 Å². The summed E-state index contributed by atoms with van der Waals surface area (Å²) < 4.78 is 71.8. The molecule has 2 aromatic rings. The highest BCUT2D eigenvalue weighted by Gasteiger charge is 2.57. The molecule has 3 unspecified atom stereocenters. The van der Waals surface area contributed by atoms with E-state index in [0.29, 0.717) is 44.1 Å². The first-order chi connectivity index (χ1) is 19.6. The van der Waals surface area contributed by atoms with E-state index in [1.54, 1.807) is 11.0 Å². The lowest BCUT2D eigenvalue weighted by Crippen LogP contribution is -2.55. The standard InChI is InChI=1S/C33H38F5NO3/c1-20(2)22-6-4-21(5-7-22)19-31-16-17-39(29(42)32(35)14-12-23(13-15-32)28(40)41)27(31)11-8-24-18-25(9-10-26(24)31)30(3,34)33(36,37)38/h4-7,9-10,18,20,23,27H,8,11-17,19H2,1-3H3,(H,40,41). The number of carbonyl (C=O) groups is 2. The number of halogens is 5. The second-order valence-corrected chi connectivity index (χ2v) is 13.0. The molecule has 2 aliphatic carbocycles. The van der Waals surface area contributed by atoms with Gasteiger partial charge in [0.2, 0.25) is 5.67 Å². The van der Waals surface area contributed by atoms with Gasteiger partial charge in [0.15, 0.2) is 5.67 Å². The van der Waals surface area contributed by atoms with Crippen molar-refractivity contribution < 1.29 is 36.6 Å². The predicted molar refractivity (Wildman–Crippen MR) is 149 cm³/mol. The largest absolute Gasteiger partial charge is 0.481 e. The van der Waals surface area contributed by atoms with Crippen LogP contribution < -0.4 is 0 Å². The molecule has 1 saturated heterocycles. The van der Waals surface area contributed by atoms with Crippen molar-refractivity contribution in [3.8, 4) is 0 Å². The Hall–Kier alpha value is -2.97. The molecule has 1 saturated carbocycles. The van der Waals surface area contributed by atoms with Crippen LogP contribution in [0.15, 0.2) is 42.5 Å². The second kappa shape index (κ2) is 10.6. The van der Waals surface area contributed by atoms with Crippen LogP contribution in [0.4, 0.5) is 22.0 Å². The lowest BCUT2D eigenvalue weighted by atomic mass is 9.63. The Morgan fingerprint density at radius 1 is 1.00 bits per heavy atom. The summed E-state index contributed by atoms with van der Waals surface area (Å²) in [7, 11) is 0. The number of alkyl halides is 5. The zero-order valence-corrected chi connectivity index (χ0v) is 24.2. The van der Waals surface area contributed by atoms with Crippen LogP contribution in [0.5, 0.6) is 0 Å². The summed E-state index contributed by atoms with van der Waals surface area (Å²) in [5.74, 6) is -1.94. The van der Waals surface area contributed by atoms with Crippen LogP contribution in [0.1, 0.15) is 93.0 Å². The molecule has 1 aliphatic heterocycles. The van der Waals surface area contributed by atoms with Gasteiger partial charge in [-0.1, -0.05) is 56.3 Å². The highest BCUT2D eigenvalue weighted by molar-refractivity contribution is 5.86. The highest BCUT2D eigenvalue weighted by atomic mass is 19.4. The van der Waals surface area contributed by atoms with Gasteiger partial charge >= 0.3 is 12.1 Å². The van der Waals surface area contributed by atoms with E-state index in [2.05, 4.69) is 13.8 Å². The third kappa shape index (κ3) is 5.11. The van der Waals surface area contributed by atoms with Gasteiger partial charge in [-0.25, -0.2) is 8.78 Å². The molecule has 1 amide bonds. The van der Waals surface area contributed by atoms with E-state index < -0.39 is 52.3 Å². The molecule has 4 nitrogen and oxygen atoms in total. The summed E-state index contributed by atoms with van der Waals surface area (Å²) >= 11 is 0. The van der Waals surface area contributed by atoms with Gasteiger partial charge in [-0.15, -0.1) is 0 Å². The van der Waals surface area contributed by atoms with Crippen LogP contribution in [0.2, 0.25) is 0 Å². The first kappa shape index (κ1) is 30.5. The Morgan fingerprint density at radius 3 is 2.21 bits per heavy atom. The summed E-state index contributed by atoms with van der Waals surface area (Å²) in [6.45, 7) is 5.00. The number of hydrogen-bond donors (Lipinski definition) is 1. The minimum Gasteiger partial charge on any atom is -0.481 e. The lowest BCUT2D eigenvalue weighted by molar-refractivity contribution is -0.228. The lowest BCUT2D eigenvalue weighted by Gasteiger charge is -2.45. The van der Waals surface area contributed by atoms with Gasteiger partial charge in [-0.3, -0.25) is 9.59 Å². The number of nitrogens with zero attached hydrogens (tertiary/aromatic N) is 1. The molecule has 1 N–H and O–H groups in total. The van der Waals surface area contributed by atoms with Crippen molar-refractivity contribution in [3.05, 3.63) is 70.3 Å². The molecule has 9 heteroatoms. The smallest absolute Gasteiger partial charge is 0.426 e. The van der Waals surface area contributed by atoms with Crippen molar-refractivity contribution in [1.82, 2.24) is 4.90 Å². The number of carboxylic acid groups (broad SMARTS) is 1. The molecular formula is C33H38F5NO3. The van der Waals surface area contributed by atoms with Crippen LogP contribution in [0.3, 0.4) is 0 Å². The number of rotatable bonds is 6. The summed E-state index contributed by atoms with van der Waals surface area (Å²) in [5.41, 5.74) is -3.21. The fourth-order valence-corrected chi connectivity index (χ4v) is 7.44. The maximum atomic E-state index is 16.1. The van der Waals surface area contributed by atoms with E-state index in [-0.39, 0.29) is 32.2 Å². The van der Waals surface area contributed by atoms with Gasteiger partial charge in [-0.05, 0) is 92.0 Å². The van der Waals surface area contributed by atoms with Gasteiger partial charge in [0.25, 0.3) is 5.91 Å². The Labute approximate surface area is 243 Å². The normalized spacial score (nSPS) is 29.1. The van der Waals surface area contributed by atoms with E-state index in [1.807, 2.05) is 24.3 Å². The van der Waals surface area contributed by atoms with E-state index >= 15 is 4.39 Å². The molecule has 2 fully saturated rings. The fraction of sp³-hybridized carbons (Fsp3) is 0.576. The monoisotopic (exact) mass is 591 g/mol. The van der Waals surface area contributed by atoms with E-state index in [4.69, 9.17) is 0 Å². The zero-order valence-electron chi connectivity index (χ0n) is 24.2. The molecule has 3 atom stereocenters. The number of carbonyl (C=O) groups excluding carboxylic acids is 1. The first-order valence-corrected chi connectivity index (χ1v) is 14.8. The SMILES string of the molecule is CC(C)c1ccc(CC23CCN(C(=O)C4(F)CCC(C(=O)O)CC4)C2CCc2cc(C(C)(F)C(F)(F)F)ccc23)cc1. The number of carboxylic acids is 1. The van der Waals surface area contributed by atoms with Crippen LogP contribution in [0.25, 0.3) is 0 Å². The van der Waals surface area contributed by atoms with Gasteiger partial charge in [0, 0.05) is 18.0 Å². The summed E-state index contributed by atoms with van der Waals surface area (Å²) in [6.07, 6.45) is -3.45. The summed E-state index contributed by atoms with van der Waals surface area (Å²) in [5, 5.41) is 9.34. The summed E-state index contributed by atoms with van der Waals surface area (Å²) in [4.78, 5) is 26.8. The van der Waals surface area contributed by atoms with Crippen molar-refractivity contribution >= 4 is 11.9 Å². The molecule has 0 aromatic heterocycles.